The molecule has 1 saturated heterocycles. The highest BCUT2D eigenvalue weighted by molar-refractivity contribution is 5.65. The number of likely N-dealkylation sites (tertiary alicyclic amines) is 1. The van der Waals surface area contributed by atoms with Crippen LogP contribution in [0, 0.1) is 5.92 Å². The van der Waals surface area contributed by atoms with Gasteiger partial charge in [0.25, 0.3) is 0 Å². The van der Waals surface area contributed by atoms with Gasteiger partial charge in [-0.05, 0) is 18.8 Å². The first kappa shape index (κ1) is 9.03. The molecule has 0 saturated carbocycles. The number of aldehydes is 1. The van der Waals surface area contributed by atoms with Crippen LogP contribution in [0.4, 0.5) is 4.79 Å². The molecule has 1 amide bonds. The Kier molecular flexibility index (Phi) is 3.08. The average Bonchev–Trinajstić information content (AvgIpc) is 2.48. The molecule has 1 N–H and O–H groups in total. The number of amides is 1. The van der Waals surface area contributed by atoms with Gasteiger partial charge in [-0.3, -0.25) is 0 Å². The maximum absolute atomic E-state index is 10.5. The van der Waals surface area contributed by atoms with Crippen LogP contribution in [0.2, 0.25) is 0 Å². The smallest absolute Gasteiger partial charge is 0.407 e. The van der Waals surface area contributed by atoms with Crippen LogP contribution in [0.3, 0.4) is 0 Å². The zero-order chi connectivity index (χ0) is 8.97. The van der Waals surface area contributed by atoms with Gasteiger partial charge < -0.3 is 14.8 Å². The fraction of sp³-hybridized carbons (Fsp3) is 0.750. The zero-order valence-corrected chi connectivity index (χ0v) is 6.90. The quantitative estimate of drug-likeness (QED) is 0.643. The van der Waals surface area contributed by atoms with Gasteiger partial charge in [0.1, 0.15) is 6.29 Å². The summed E-state index contributed by atoms with van der Waals surface area (Å²) < 4.78 is 0. The summed E-state index contributed by atoms with van der Waals surface area (Å²) in [6, 6.07) is 0. The van der Waals surface area contributed by atoms with Crippen LogP contribution >= 0.6 is 0 Å². The summed E-state index contributed by atoms with van der Waals surface area (Å²) >= 11 is 0. The van der Waals surface area contributed by atoms with E-state index >= 15 is 0 Å². The van der Waals surface area contributed by atoms with E-state index in [1.54, 1.807) is 0 Å². The van der Waals surface area contributed by atoms with Gasteiger partial charge in [-0.1, -0.05) is 0 Å². The van der Waals surface area contributed by atoms with Crippen molar-refractivity contribution in [3.63, 3.8) is 0 Å². The van der Waals surface area contributed by atoms with Crippen LogP contribution in [-0.2, 0) is 4.79 Å². The van der Waals surface area contributed by atoms with Gasteiger partial charge in [0.15, 0.2) is 0 Å². The van der Waals surface area contributed by atoms with Crippen LogP contribution in [0.25, 0.3) is 0 Å². The Hall–Kier alpha value is -1.06. The molecule has 1 heterocycles. The largest absolute Gasteiger partial charge is 0.465 e. The molecule has 0 radical (unpaired) electrons. The van der Waals surface area contributed by atoms with Crippen LogP contribution in [0.1, 0.15) is 19.3 Å². The number of carboxylic acid groups (broad SMARTS) is 1. The Morgan fingerprint density at radius 1 is 1.67 bits per heavy atom. The third-order valence-electron chi connectivity index (χ3n) is 2.25. The van der Waals surface area contributed by atoms with Crippen molar-refractivity contribution >= 4 is 12.4 Å². The molecule has 0 aliphatic carbocycles. The van der Waals surface area contributed by atoms with Gasteiger partial charge in [0.05, 0.1) is 0 Å². The van der Waals surface area contributed by atoms with E-state index in [1.807, 2.05) is 0 Å². The van der Waals surface area contributed by atoms with Crippen molar-refractivity contribution in [2.75, 3.05) is 13.1 Å². The molecular weight excluding hydrogens is 158 g/mol. The minimum absolute atomic E-state index is 0.395. The van der Waals surface area contributed by atoms with Crippen LogP contribution in [0.5, 0.6) is 0 Å². The van der Waals surface area contributed by atoms with Gasteiger partial charge in [-0.2, -0.15) is 0 Å². The highest BCUT2D eigenvalue weighted by Gasteiger charge is 2.24. The number of nitrogens with zero attached hydrogens (tertiary/aromatic N) is 1. The van der Waals surface area contributed by atoms with E-state index in [-0.39, 0.29) is 0 Å². The summed E-state index contributed by atoms with van der Waals surface area (Å²) in [7, 11) is 0. The Morgan fingerprint density at radius 2 is 2.42 bits per heavy atom. The molecule has 0 aromatic heterocycles. The third-order valence-corrected chi connectivity index (χ3v) is 2.25. The average molecular weight is 171 g/mol. The number of carbonyl (C=O) groups excluding carboxylic acids is 1. The van der Waals surface area contributed by atoms with E-state index in [4.69, 9.17) is 5.11 Å². The van der Waals surface area contributed by atoms with Crippen molar-refractivity contribution in [2.24, 2.45) is 5.92 Å². The van der Waals surface area contributed by atoms with Crippen molar-refractivity contribution < 1.29 is 14.7 Å². The van der Waals surface area contributed by atoms with Crippen molar-refractivity contribution in [3.8, 4) is 0 Å². The summed E-state index contributed by atoms with van der Waals surface area (Å²) in [5.41, 5.74) is 0. The summed E-state index contributed by atoms with van der Waals surface area (Å²) in [6.07, 6.45) is 2.33. The minimum atomic E-state index is -0.844. The van der Waals surface area contributed by atoms with Gasteiger partial charge in [0.2, 0.25) is 0 Å². The highest BCUT2D eigenvalue weighted by Crippen LogP contribution is 2.20. The van der Waals surface area contributed by atoms with E-state index in [0.29, 0.717) is 25.4 Å². The lowest BCUT2D eigenvalue weighted by molar-refractivity contribution is -0.108. The first-order valence-electron chi connectivity index (χ1n) is 4.15. The summed E-state index contributed by atoms with van der Waals surface area (Å²) in [4.78, 5) is 21.9. The molecule has 4 heteroatoms. The number of hydrogen-bond donors (Lipinski definition) is 1. The Labute approximate surface area is 71.2 Å². The molecule has 0 aromatic carbocycles. The van der Waals surface area contributed by atoms with Crippen LogP contribution in [-0.4, -0.2) is 35.5 Å². The third kappa shape index (κ3) is 2.22. The summed E-state index contributed by atoms with van der Waals surface area (Å²) in [6.45, 7) is 1.22. The first-order valence-corrected chi connectivity index (χ1v) is 4.15. The molecule has 1 aliphatic heterocycles. The van der Waals surface area contributed by atoms with Gasteiger partial charge >= 0.3 is 6.09 Å². The molecule has 0 unspecified atom stereocenters. The highest BCUT2D eigenvalue weighted by atomic mass is 16.4. The second-order valence-corrected chi connectivity index (χ2v) is 3.13. The standard InChI is InChI=1S/C8H13NO3/c10-5-1-2-7-3-4-9(6-7)8(11)12/h5,7H,1-4,6H2,(H,11,12)/t7-/m0/s1. The lowest BCUT2D eigenvalue weighted by Gasteiger charge is -2.10. The molecule has 68 valence electrons. The molecule has 1 fully saturated rings. The first-order chi connectivity index (χ1) is 5.74. The topological polar surface area (TPSA) is 57.6 Å². The molecule has 0 spiro atoms. The Bertz CT molecular complexity index is 181. The zero-order valence-electron chi connectivity index (χ0n) is 6.90. The normalized spacial score (nSPS) is 22.7. The molecule has 12 heavy (non-hydrogen) atoms. The summed E-state index contributed by atoms with van der Waals surface area (Å²) in [5.74, 6) is 0.395. The molecule has 1 rings (SSSR count). The SMILES string of the molecule is O=CCC[C@H]1CCN(C(=O)O)C1. The lowest BCUT2D eigenvalue weighted by Crippen LogP contribution is -2.26. The molecule has 0 bridgehead atoms. The fourth-order valence-electron chi connectivity index (χ4n) is 1.55. The van der Waals surface area contributed by atoms with Gasteiger partial charge in [0, 0.05) is 19.5 Å². The predicted molar refractivity (Wildman–Crippen MR) is 43.0 cm³/mol. The van der Waals surface area contributed by atoms with Gasteiger partial charge in [-0.15, -0.1) is 0 Å². The van der Waals surface area contributed by atoms with E-state index in [2.05, 4.69) is 0 Å². The molecule has 1 atom stereocenters. The lowest BCUT2D eigenvalue weighted by atomic mass is 10.0. The second-order valence-electron chi connectivity index (χ2n) is 3.13. The predicted octanol–water partition coefficient (Wildman–Crippen LogP) is 0.965. The van der Waals surface area contributed by atoms with Crippen molar-refractivity contribution in [1.82, 2.24) is 4.90 Å². The van der Waals surface area contributed by atoms with Crippen LogP contribution in [0.15, 0.2) is 0 Å². The van der Waals surface area contributed by atoms with Gasteiger partial charge in [-0.25, -0.2) is 4.79 Å². The fourth-order valence-corrected chi connectivity index (χ4v) is 1.55. The minimum Gasteiger partial charge on any atom is -0.465 e. The van der Waals surface area contributed by atoms with E-state index in [0.717, 1.165) is 19.1 Å². The molecule has 0 aromatic rings. The number of rotatable bonds is 3. The van der Waals surface area contributed by atoms with Crippen molar-refractivity contribution in [1.29, 1.82) is 0 Å². The molecule has 1 aliphatic rings. The monoisotopic (exact) mass is 171 g/mol. The number of carbonyl (C=O) groups is 2. The van der Waals surface area contributed by atoms with Crippen LogP contribution < -0.4 is 0 Å². The molecule has 4 nitrogen and oxygen atoms in total. The Balaban J connectivity index is 2.25. The molecular formula is C8H13NO3. The van der Waals surface area contributed by atoms with E-state index < -0.39 is 6.09 Å². The second kappa shape index (κ2) is 4.09. The maximum atomic E-state index is 10.5. The Morgan fingerprint density at radius 3 is 2.92 bits per heavy atom. The van der Waals surface area contributed by atoms with Crippen molar-refractivity contribution in [3.05, 3.63) is 0 Å². The summed E-state index contributed by atoms with van der Waals surface area (Å²) in [5, 5.41) is 8.61. The maximum Gasteiger partial charge on any atom is 0.407 e. The van der Waals surface area contributed by atoms with E-state index in [9.17, 15) is 9.59 Å². The van der Waals surface area contributed by atoms with Crippen molar-refractivity contribution in [2.45, 2.75) is 19.3 Å². The van der Waals surface area contributed by atoms with E-state index in [1.165, 1.54) is 4.90 Å². The number of hydrogen-bond acceptors (Lipinski definition) is 2.